The van der Waals surface area contributed by atoms with Crippen LogP contribution in [-0.4, -0.2) is 40.9 Å². The summed E-state index contributed by atoms with van der Waals surface area (Å²) in [5, 5.41) is 8.70. The lowest BCUT2D eigenvalue weighted by atomic mass is 10.1. The van der Waals surface area contributed by atoms with Crippen molar-refractivity contribution in [1.29, 1.82) is 0 Å². The van der Waals surface area contributed by atoms with Gasteiger partial charge in [0.2, 0.25) is 0 Å². The monoisotopic (exact) mass is 256 g/mol. The van der Waals surface area contributed by atoms with Gasteiger partial charge in [0.1, 0.15) is 0 Å². The first-order chi connectivity index (χ1) is 8.08. The average Bonchev–Trinajstić information content (AvgIpc) is 2.54. The van der Waals surface area contributed by atoms with Crippen LogP contribution in [0.2, 0.25) is 5.02 Å². The molecule has 17 heavy (non-hydrogen) atoms. The van der Waals surface area contributed by atoms with E-state index in [4.69, 9.17) is 11.6 Å². The van der Waals surface area contributed by atoms with Crippen molar-refractivity contribution in [3.8, 4) is 0 Å². The maximum Gasteiger partial charge on any atom is 0.0860 e. The lowest BCUT2D eigenvalue weighted by Gasteiger charge is -2.29. The smallest absolute Gasteiger partial charge is 0.0860 e. The molecule has 0 bridgehead atoms. The zero-order valence-electron chi connectivity index (χ0n) is 10.8. The second-order valence-corrected chi connectivity index (χ2v) is 5.31. The molecule has 1 aromatic heterocycles. The Hall–Kier alpha value is -0.580. The van der Waals surface area contributed by atoms with Crippen molar-refractivity contribution in [2.75, 3.05) is 20.1 Å². The summed E-state index contributed by atoms with van der Waals surface area (Å²) in [5.74, 6) is 0. The van der Waals surface area contributed by atoms with E-state index in [1.165, 1.54) is 25.9 Å². The van der Waals surface area contributed by atoms with Crippen LogP contribution in [0.15, 0.2) is 0 Å². The normalized spacial score (nSPS) is 18.8. The van der Waals surface area contributed by atoms with E-state index in [1.54, 1.807) is 0 Å². The fourth-order valence-electron chi connectivity index (χ4n) is 2.33. The van der Waals surface area contributed by atoms with E-state index in [-0.39, 0.29) is 0 Å². The van der Waals surface area contributed by atoms with E-state index < -0.39 is 0 Å². The van der Waals surface area contributed by atoms with Gasteiger partial charge < -0.3 is 10.2 Å². The molecule has 0 aliphatic carbocycles. The molecular formula is C12H21ClN4. The maximum absolute atomic E-state index is 6.22. The van der Waals surface area contributed by atoms with Crippen LogP contribution < -0.4 is 5.32 Å². The number of halogens is 1. The fraction of sp³-hybridized carbons (Fsp3) is 0.750. The molecule has 0 amide bonds. The fourth-order valence-corrected chi connectivity index (χ4v) is 2.55. The number of nitrogens with one attached hydrogen (secondary N) is 1. The van der Waals surface area contributed by atoms with Crippen molar-refractivity contribution in [1.82, 2.24) is 20.0 Å². The van der Waals surface area contributed by atoms with Gasteiger partial charge in [0.25, 0.3) is 0 Å². The molecule has 2 heterocycles. The minimum Gasteiger partial charge on any atom is -0.308 e. The van der Waals surface area contributed by atoms with Crippen molar-refractivity contribution in [3.05, 3.63) is 16.4 Å². The van der Waals surface area contributed by atoms with Crippen LogP contribution in [-0.2, 0) is 13.6 Å². The largest absolute Gasteiger partial charge is 0.308 e. The molecule has 0 unspecified atom stereocenters. The van der Waals surface area contributed by atoms with Gasteiger partial charge in [0, 0.05) is 19.6 Å². The Bertz CT molecular complexity index is 380. The molecule has 0 saturated carbocycles. The first kappa shape index (κ1) is 12.9. The van der Waals surface area contributed by atoms with E-state index >= 15 is 0 Å². The lowest BCUT2D eigenvalue weighted by Crippen LogP contribution is -2.40. The highest BCUT2D eigenvalue weighted by Gasteiger charge is 2.17. The standard InChI is InChI=1S/C12H21ClN4/c1-9-12(13)11(17(3)15-9)8-14-10-4-6-16(2)7-5-10/h10,14H,4-8H2,1-3H3. The Balaban J connectivity index is 1.89. The van der Waals surface area contributed by atoms with Gasteiger partial charge in [-0.15, -0.1) is 0 Å². The Morgan fingerprint density at radius 2 is 2.00 bits per heavy atom. The van der Waals surface area contributed by atoms with Crippen LogP contribution in [0.5, 0.6) is 0 Å². The summed E-state index contributed by atoms with van der Waals surface area (Å²) in [4.78, 5) is 2.37. The Labute approximate surface area is 108 Å². The summed E-state index contributed by atoms with van der Waals surface area (Å²) in [6.07, 6.45) is 2.43. The first-order valence-electron chi connectivity index (χ1n) is 6.18. The van der Waals surface area contributed by atoms with Crippen molar-refractivity contribution in [3.63, 3.8) is 0 Å². The predicted molar refractivity (Wildman–Crippen MR) is 70.3 cm³/mol. The molecule has 1 fully saturated rings. The van der Waals surface area contributed by atoms with Gasteiger partial charge in [-0.2, -0.15) is 5.10 Å². The predicted octanol–water partition coefficient (Wildman–Crippen LogP) is 1.57. The molecule has 1 aliphatic heterocycles. The van der Waals surface area contributed by atoms with Crippen LogP contribution in [0.3, 0.4) is 0 Å². The number of hydrogen-bond acceptors (Lipinski definition) is 3. The molecule has 4 nitrogen and oxygen atoms in total. The van der Waals surface area contributed by atoms with Crippen LogP contribution in [0, 0.1) is 6.92 Å². The second kappa shape index (κ2) is 5.38. The third-order valence-corrected chi connectivity index (χ3v) is 4.03. The zero-order valence-corrected chi connectivity index (χ0v) is 11.6. The summed E-state index contributed by atoms with van der Waals surface area (Å²) < 4.78 is 1.87. The first-order valence-corrected chi connectivity index (χ1v) is 6.55. The van der Waals surface area contributed by atoms with E-state index in [1.807, 2.05) is 18.7 Å². The minimum absolute atomic E-state index is 0.609. The minimum atomic E-state index is 0.609. The van der Waals surface area contributed by atoms with Gasteiger partial charge in [-0.3, -0.25) is 4.68 Å². The molecular weight excluding hydrogens is 236 g/mol. The zero-order chi connectivity index (χ0) is 12.4. The van der Waals surface area contributed by atoms with Crippen LogP contribution in [0.25, 0.3) is 0 Å². The number of aromatic nitrogens is 2. The second-order valence-electron chi connectivity index (χ2n) is 4.93. The van der Waals surface area contributed by atoms with Crippen LogP contribution in [0.1, 0.15) is 24.2 Å². The summed E-state index contributed by atoms with van der Waals surface area (Å²) in [6.45, 7) is 5.11. The quantitative estimate of drug-likeness (QED) is 0.891. The maximum atomic E-state index is 6.22. The summed E-state index contributed by atoms with van der Waals surface area (Å²) >= 11 is 6.22. The van der Waals surface area contributed by atoms with Gasteiger partial charge in [0.05, 0.1) is 16.4 Å². The molecule has 1 saturated heterocycles. The van der Waals surface area contributed by atoms with Gasteiger partial charge in [-0.1, -0.05) is 11.6 Å². The van der Waals surface area contributed by atoms with E-state index in [0.29, 0.717) is 6.04 Å². The molecule has 0 spiro atoms. The van der Waals surface area contributed by atoms with Gasteiger partial charge >= 0.3 is 0 Å². The molecule has 2 rings (SSSR count). The Kier molecular flexibility index (Phi) is 4.07. The highest BCUT2D eigenvalue weighted by Crippen LogP contribution is 2.19. The van der Waals surface area contributed by atoms with Crippen LogP contribution in [0.4, 0.5) is 0 Å². The number of rotatable bonds is 3. The number of nitrogens with zero attached hydrogens (tertiary/aromatic N) is 3. The summed E-state index contributed by atoms with van der Waals surface area (Å²) in [6, 6.07) is 0.609. The van der Waals surface area contributed by atoms with Gasteiger partial charge in [0.15, 0.2) is 0 Å². The highest BCUT2D eigenvalue weighted by atomic mass is 35.5. The molecule has 1 aliphatic rings. The van der Waals surface area contributed by atoms with E-state index in [9.17, 15) is 0 Å². The van der Waals surface area contributed by atoms with Crippen molar-refractivity contribution in [2.24, 2.45) is 7.05 Å². The van der Waals surface area contributed by atoms with E-state index in [2.05, 4.69) is 22.4 Å². The topological polar surface area (TPSA) is 33.1 Å². The number of likely N-dealkylation sites (tertiary alicyclic amines) is 1. The average molecular weight is 257 g/mol. The van der Waals surface area contributed by atoms with Gasteiger partial charge in [-0.05, 0) is 39.9 Å². The number of aryl methyl sites for hydroxylation is 2. The molecule has 0 radical (unpaired) electrons. The third kappa shape index (κ3) is 3.00. The number of hydrogen-bond donors (Lipinski definition) is 1. The summed E-state index contributed by atoms with van der Waals surface area (Å²) in [7, 11) is 4.13. The molecule has 1 aromatic rings. The molecule has 96 valence electrons. The van der Waals surface area contributed by atoms with Gasteiger partial charge in [-0.25, -0.2) is 0 Å². The Morgan fingerprint density at radius 3 is 2.53 bits per heavy atom. The van der Waals surface area contributed by atoms with Crippen molar-refractivity contribution < 1.29 is 0 Å². The lowest BCUT2D eigenvalue weighted by molar-refractivity contribution is 0.233. The molecule has 1 N–H and O–H groups in total. The molecule has 5 heteroatoms. The molecule has 0 aromatic carbocycles. The summed E-state index contributed by atoms with van der Waals surface area (Å²) in [5.41, 5.74) is 2.00. The number of piperidine rings is 1. The van der Waals surface area contributed by atoms with Crippen molar-refractivity contribution in [2.45, 2.75) is 32.4 Å². The van der Waals surface area contributed by atoms with Crippen molar-refractivity contribution >= 4 is 11.6 Å². The van der Waals surface area contributed by atoms with E-state index in [0.717, 1.165) is 23.0 Å². The Morgan fingerprint density at radius 1 is 1.35 bits per heavy atom. The SMILES string of the molecule is Cc1nn(C)c(CNC2CCN(C)CC2)c1Cl. The highest BCUT2D eigenvalue weighted by molar-refractivity contribution is 6.31. The third-order valence-electron chi connectivity index (χ3n) is 3.54. The van der Waals surface area contributed by atoms with Crippen LogP contribution >= 0.6 is 11.6 Å². The molecule has 0 atom stereocenters.